The summed E-state index contributed by atoms with van der Waals surface area (Å²) in [6.07, 6.45) is -1.73. The Morgan fingerprint density at radius 1 is 1.27 bits per heavy atom. The second-order valence-electron chi connectivity index (χ2n) is 4.90. The van der Waals surface area contributed by atoms with E-state index in [1.165, 1.54) is 46.8 Å². The topological polar surface area (TPSA) is 88.5 Å². The van der Waals surface area contributed by atoms with Crippen molar-refractivity contribution >= 4 is 23.6 Å². The molecule has 7 nitrogen and oxygen atoms in total. The van der Waals surface area contributed by atoms with E-state index in [2.05, 4.69) is 20.4 Å². The molecule has 2 aromatic heterocycles. The van der Waals surface area contributed by atoms with Gasteiger partial charge in [0.1, 0.15) is 11.5 Å². The normalized spacial score (nSPS) is 11.6. The number of rotatable bonds is 4. The average Bonchev–Trinajstić information content (AvgIpc) is 3.21. The van der Waals surface area contributed by atoms with Crippen LogP contribution in [-0.2, 0) is 6.18 Å². The van der Waals surface area contributed by atoms with Gasteiger partial charge in [0.05, 0.1) is 6.20 Å². The zero-order chi connectivity index (χ0) is 18.9. The molecular formula is C14H10F4N6OS. The van der Waals surface area contributed by atoms with Crippen LogP contribution in [-0.4, -0.2) is 36.9 Å². The van der Waals surface area contributed by atoms with E-state index in [4.69, 9.17) is 0 Å². The SMILES string of the molecule is CSc1ncc(C(=O)Nc2n[nH]c(C(F)(F)F)n2)n1-c1ccc(F)cc1. The zero-order valence-electron chi connectivity index (χ0n) is 13.0. The summed E-state index contributed by atoms with van der Waals surface area (Å²) in [5.41, 5.74) is 0.490. The van der Waals surface area contributed by atoms with E-state index in [0.29, 0.717) is 10.8 Å². The predicted molar refractivity (Wildman–Crippen MR) is 84.6 cm³/mol. The molecule has 136 valence electrons. The Bertz CT molecular complexity index is 934. The zero-order valence-corrected chi connectivity index (χ0v) is 13.8. The Morgan fingerprint density at radius 2 is 1.96 bits per heavy atom. The number of anilines is 1. The first-order valence-corrected chi connectivity index (χ1v) is 8.20. The molecule has 12 heteroatoms. The Kier molecular flexibility index (Phi) is 4.68. The minimum absolute atomic E-state index is 0.0271. The van der Waals surface area contributed by atoms with Gasteiger partial charge in [-0.25, -0.2) is 9.37 Å². The van der Waals surface area contributed by atoms with Crippen LogP contribution in [0.4, 0.5) is 23.5 Å². The standard InChI is InChI=1S/C14H10F4N6OS/c1-26-13-19-6-9(24(13)8-4-2-7(15)3-5-8)10(25)20-12-21-11(22-23-12)14(16,17)18/h2-6H,1H3,(H2,20,21,22,23,25). The fraction of sp³-hybridized carbons (Fsp3) is 0.143. The monoisotopic (exact) mass is 386 g/mol. The van der Waals surface area contributed by atoms with Crippen LogP contribution in [0.25, 0.3) is 5.69 Å². The largest absolute Gasteiger partial charge is 0.451 e. The van der Waals surface area contributed by atoms with Crippen LogP contribution in [0.1, 0.15) is 16.3 Å². The molecule has 0 saturated heterocycles. The number of benzene rings is 1. The second-order valence-corrected chi connectivity index (χ2v) is 5.67. The quantitative estimate of drug-likeness (QED) is 0.531. The van der Waals surface area contributed by atoms with E-state index in [9.17, 15) is 22.4 Å². The summed E-state index contributed by atoms with van der Waals surface area (Å²) < 4.78 is 52.2. The van der Waals surface area contributed by atoms with Gasteiger partial charge in [-0.15, -0.1) is 5.10 Å². The Balaban J connectivity index is 1.91. The van der Waals surface area contributed by atoms with Gasteiger partial charge in [-0.05, 0) is 30.5 Å². The van der Waals surface area contributed by atoms with Gasteiger partial charge < -0.3 is 0 Å². The van der Waals surface area contributed by atoms with Crippen molar-refractivity contribution in [2.45, 2.75) is 11.3 Å². The molecule has 2 heterocycles. The van der Waals surface area contributed by atoms with E-state index in [-0.39, 0.29) is 5.69 Å². The summed E-state index contributed by atoms with van der Waals surface area (Å²) >= 11 is 1.24. The summed E-state index contributed by atoms with van der Waals surface area (Å²) in [7, 11) is 0. The number of hydrogen-bond donors (Lipinski definition) is 2. The maximum absolute atomic E-state index is 13.1. The van der Waals surface area contributed by atoms with Crippen molar-refractivity contribution in [1.29, 1.82) is 0 Å². The van der Waals surface area contributed by atoms with E-state index in [0.717, 1.165) is 0 Å². The third-order valence-corrected chi connectivity index (χ3v) is 3.86. The maximum atomic E-state index is 13.1. The van der Waals surface area contributed by atoms with Gasteiger partial charge in [-0.1, -0.05) is 11.8 Å². The minimum Gasteiger partial charge on any atom is -0.288 e. The number of amides is 1. The summed E-state index contributed by atoms with van der Waals surface area (Å²) in [6, 6.07) is 5.32. The van der Waals surface area contributed by atoms with E-state index >= 15 is 0 Å². The van der Waals surface area contributed by atoms with Gasteiger partial charge in [-0.2, -0.15) is 18.2 Å². The molecule has 0 spiro atoms. The minimum atomic E-state index is -4.71. The molecule has 3 aromatic rings. The van der Waals surface area contributed by atoms with Gasteiger partial charge in [0.15, 0.2) is 5.16 Å². The van der Waals surface area contributed by atoms with Crippen molar-refractivity contribution in [3.05, 3.63) is 47.8 Å². The van der Waals surface area contributed by atoms with Crippen LogP contribution >= 0.6 is 11.8 Å². The Morgan fingerprint density at radius 3 is 2.54 bits per heavy atom. The molecule has 0 fully saturated rings. The lowest BCUT2D eigenvalue weighted by atomic mass is 10.3. The Labute approximate surface area is 147 Å². The number of carbonyl (C=O) groups is 1. The molecule has 0 unspecified atom stereocenters. The Hall–Kier alpha value is -2.89. The highest BCUT2D eigenvalue weighted by molar-refractivity contribution is 7.98. The number of imidazole rings is 1. The highest BCUT2D eigenvalue weighted by atomic mass is 32.2. The molecule has 3 rings (SSSR count). The lowest BCUT2D eigenvalue weighted by Crippen LogP contribution is -2.17. The highest BCUT2D eigenvalue weighted by Crippen LogP contribution is 2.26. The first-order chi connectivity index (χ1) is 12.3. The molecular weight excluding hydrogens is 376 g/mol. The molecule has 0 aliphatic heterocycles. The van der Waals surface area contributed by atoms with Crippen molar-refractivity contribution < 1.29 is 22.4 Å². The molecule has 0 atom stereocenters. The van der Waals surface area contributed by atoms with E-state index in [1.807, 2.05) is 0 Å². The highest BCUT2D eigenvalue weighted by Gasteiger charge is 2.35. The third kappa shape index (κ3) is 3.54. The van der Waals surface area contributed by atoms with Crippen molar-refractivity contribution in [3.63, 3.8) is 0 Å². The molecule has 0 bridgehead atoms. The fourth-order valence-electron chi connectivity index (χ4n) is 2.09. The lowest BCUT2D eigenvalue weighted by molar-refractivity contribution is -0.144. The number of alkyl halides is 3. The lowest BCUT2D eigenvalue weighted by Gasteiger charge is -2.10. The number of halogens is 4. The number of nitrogens with one attached hydrogen (secondary N) is 2. The first kappa shape index (κ1) is 17.9. The van der Waals surface area contributed by atoms with Crippen molar-refractivity contribution in [2.24, 2.45) is 0 Å². The predicted octanol–water partition coefficient (Wildman–Crippen LogP) is 3.12. The van der Waals surface area contributed by atoms with E-state index < -0.39 is 29.7 Å². The molecule has 1 amide bonds. The number of hydrogen-bond acceptors (Lipinski definition) is 5. The van der Waals surface area contributed by atoms with Gasteiger partial charge in [0.25, 0.3) is 5.91 Å². The summed E-state index contributed by atoms with van der Waals surface area (Å²) in [5, 5.41) is 7.63. The second kappa shape index (κ2) is 6.78. The van der Waals surface area contributed by atoms with Gasteiger partial charge in [-0.3, -0.25) is 19.8 Å². The van der Waals surface area contributed by atoms with Gasteiger partial charge >= 0.3 is 6.18 Å². The van der Waals surface area contributed by atoms with Crippen molar-refractivity contribution in [2.75, 3.05) is 11.6 Å². The summed E-state index contributed by atoms with van der Waals surface area (Å²) in [4.78, 5) is 19.7. The molecule has 0 saturated carbocycles. The van der Waals surface area contributed by atoms with Crippen LogP contribution < -0.4 is 5.32 Å². The van der Waals surface area contributed by atoms with Crippen LogP contribution in [0.5, 0.6) is 0 Å². The number of thioether (sulfide) groups is 1. The average molecular weight is 386 g/mol. The summed E-state index contributed by atoms with van der Waals surface area (Å²) in [5.74, 6) is -3.08. The molecule has 0 radical (unpaired) electrons. The van der Waals surface area contributed by atoms with Crippen LogP contribution in [0.15, 0.2) is 35.6 Å². The fourth-order valence-corrected chi connectivity index (χ4v) is 2.63. The number of carbonyl (C=O) groups excluding carboxylic acids is 1. The number of nitrogens with zero attached hydrogens (tertiary/aromatic N) is 4. The number of aromatic nitrogens is 5. The van der Waals surface area contributed by atoms with E-state index in [1.54, 1.807) is 11.4 Å². The van der Waals surface area contributed by atoms with Crippen molar-refractivity contribution in [3.8, 4) is 5.69 Å². The first-order valence-electron chi connectivity index (χ1n) is 6.98. The molecule has 2 N–H and O–H groups in total. The van der Waals surface area contributed by atoms with Crippen LogP contribution in [0.2, 0.25) is 0 Å². The number of H-pyrrole nitrogens is 1. The van der Waals surface area contributed by atoms with Crippen LogP contribution in [0.3, 0.4) is 0 Å². The van der Waals surface area contributed by atoms with Gasteiger partial charge in [0, 0.05) is 5.69 Å². The van der Waals surface area contributed by atoms with Gasteiger partial charge in [0.2, 0.25) is 11.8 Å². The van der Waals surface area contributed by atoms with Crippen molar-refractivity contribution in [1.82, 2.24) is 24.7 Å². The third-order valence-electron chi connectivity index (χ3n) is 3.21. The number of aromatic amines is 1. The maximum Gasteiger partial charge on any atom is 0.451 e. The molecule has 0 aliphatic rings. The van der Waals surface area contributed by atoms with Crippen LogP contribution in [0, 0.1) is 5.82 Å². The smallest absolute Gasteiger partial charge is 0.288 e. The molecule has 0 aliphatic carbocycles. The molecule has 1 aromatic carbocycles. The summed E-state index contributed by atoms with van der Waals surface area (Å²) in [6.45, 7) is 0. The molecule has 26 heavy (non-hydrogen) atoms.